The normalized spacial score (nSPS) is 17.1. The molecule has 11 nitrogen and oxygen atoms in total. The summed E-state index contributed by atoms with van der Waals surface area (Å²) in [7, 11) is 0. The molecular weight excluding hydrogens is 658 g/mol. The lowest BCUT2D eigenvalue weighted by Crippen LogP contribution is -2.58. The number of aliphatic hydroxyl groups excluding tert-OH is 1. The third-order valence-electron chi connectivity index (χ3n) is 9.70. The van der Waals surface area contributed by atoms with Crippen molar-refractivity contribution < 1.29 is 29.0 Å². The minimum Gasteiger partial charge on any atom is -0.445 e. The fourth-order valence-electron chi connectivity index (χ4n) is 6.49. The van der Waals surface area contributed by atoms with Crippen LogP contribution in [0.25, 0.3) is 10.8 Å². The van der Waals surface area contributed by atoms with Gasteiger partial charge in [0.1, 0.15) is 18.7 Å². The predicted octanol–water partition coefficient (Wildman–Crippen LogP) is 4.75. The first-order valence-electron chi connectivity index (χ1n) is 18.7. The van der Waals surface area contributed by atoms with Crippen LogP contribution in [0.1, 0.15) is 77.3 Å². The average molecular weight is 716 g/mol. The molecule has 4 amide bonds. The smallest absolute Gasteiger partial charge is 0.408 e. The second-order valence-electron chi connectivity index (χ2n) is 14.5. The van der Waals surface area contributed by atoms with Gasteiger partial charge in [-0.1, -0.05) is 107 Å². The Kier molecular flexibility index (Phi) is 15.9. The van der Waals surface area contributed by atoms with E-state index in [4.69, 9.17) is 4.74 Å². The van der Waals surface area contributed by atoms with E-state index in [2.05, 4.69) is 33.5 Å². The monoisotopic (exact) mass is 715 g/mol. The van der Waals surface area contributed by atoms with Crippen molar-refractivity contribution >= 4 is 34.6 Å². The maximum atomic E-state index is 14.2. The Morgan fingerprint density at radius 1 is 0.885 bits per heavy atom. The van der Waals surface area contributed by atoms with Gasteiger partial charge in [0, 0.05) is 19.0 Å². The molecule has 0 bridgehead atoms. The number of aliphatic hydroxyl groups is 1. The highest BCUT2D eigenvalue weighted by Gasteiger charge is 2.33. The molecule has 0 radical (unpaired) electrons. The summed E-state index contributed by atoms with van der Waals surface area (Å²) in [4.78, 5) is 54.1. The minimum atomic E-state index is -1.12. The maximum Gasteiger partial charge on any atom is 0.408 e. The zero-order chi connectivity index (χ0) is 37.5. The zero-order valence-electron chi connectivity index (χ0n) is 31.0. The summed E-state index contributed by atoms with van der Waals surface area (Å²) in [5.74, 6) is -0.845. The highest BCUT2D eigenvalue weighted by Crippen LogP contribution is 2.21. The third kappa shape index (κ3) is 12.9. The summed E-state index contributed by atoms with van der Waals surface area (Å²) >= 11 is 0. The van der Waals surface area contributed by atoms with Gasteiger partial charge in [0.2, 0.25) is 17.7 Å². The fourth-order valence-corrected chi connectivity index (χ4v) is 6.49. The fraction of sp³-hybridized carbons (Fsp3) is 0.512. The van der Waals surface area contributed by atoms with E-state index in [1.54, 1.807) is 0 Å². The highest BCUT2D eigenvalue weighted by molar-refractivity contribution is 5.93. The quantitative estimate of drug-likeness (QED) is 0.105. The molecule has 11 heteroatoms. The molecule has 0 aliphatic carbocycles. The van der Waals surface area contributed by atoms with Gasteiger partial charge < -0.3 is 36.4 Å². The molecule has 6 atom stereocenters. The number of hydrogen-bond acceptors (Lipinski definition) is 7. The van der Waals surface area contributed by atoms with E-state index in [1.165, 1.54) is 0 Å². The van der Waals surface area contributed by atoms with E-state index in [1.807, 2.05) is 93.6 Å². The molecule has 0 spiro atoms. The number of nitrogens with one attached hydrogen (secondary N) is 5. The summed E-state index contributed by atoms with van der Waals surface area (Å²) in [6, 6.07) is 20.2. The number of hydrogen-bond donors (Lipinski definition) is 6. The molecule has 52 heavy (non-hydrogen) atoms. The largest absolute Gasteiger partial charge is 0.445 e. The molecule has 6 N–H and O–H groups in total. The molecule has 282 valence electrons. The molecule has 1 fully saturated rings. The number of amides is 4. The molecule has 1 aliphatic heterocycles. The summed E-state index contributed by atoms with van der Waals surface area (Å²) < 4.78 is 5.50. The van der Waals surface area contributed by atoms with Gasteiger partial charge >= 0.3 is 6.09 Å². The van der Waals surface area contributed by atoms with Gasteiger partial charge in [0.05, 0.1) is 18.6 Å². The second-order valence-corrected chi connectivity index (χ2v) is 14.5. The average Bonchev–Trinajstić information content (AvgIpc) is 3.65. The van der Waals surface area contributed by atoms with Crippen molar-refractivity contribution in [1.82, 2.24) is 26.6 Å². The van der Waals surface area contributed by atoms with Crippen molar-refractivity contribution in [3.8, 4) is 0 Å². The van der Waals surface area contributed by atoms with Crippen molar-refractivity contribution in [3.63, 3.8) is 0 Å². The Balaban J connectivity index is 1.53. The molecule has 3 aromatic rings. The van der Waals surface area contributed by atoms with Crippen molar-refractivity contribution in [2.45, 2.75) is 110 Å². The SMILES string of the molecule is CCC(C)CNC(=O)CC(O)C(CC(C)C)NC(=O)[C@H](CC1CCCN1)NC(=O)[C@H](Cc1cccc2ccccc12)NC(=O)OCc1ccccc1. The van der Waals surface area contributed by atoms with Gasteiger partial charge in [-0.15, -0.1) is 0 Å². The Labute approximate surface area is 308 Å². The van der Waals surface area contributed by atoms with Crippen LogP contribution in [0, 0.1) is 11.8 Å². The molecule has 1 saturated heterocycles. The second kappa shape index (κ2) is 20.5. The van der Waals surface area contributed by atoms with Crippen LogP contribution in [0.4, 0.5) is 4.79 Å². The highest BCUT2D eigenvalue weighted by atomic mass is 16.5. The van der Waals surface area contributed by atoms with Crippen molar-refractivity contribution in [2.75, 3.05) is 13.1 Å². The summed E-state index contributed by atoms with van der Waals surface area (Å²) in [6.07, 6.45) is 1.60. The van der Waals surface area contributed by atoms with E-state index in [-0.39, 0.29) is 37.3 Å². The Bertz CT molecular complexity index is 1590. The van der Waals surface area contributed by atoms with E-state index < -0.39 is 42.1 Å². The lowest BCUT2D eigenvalue weighted by atomic mass is 9.95. The molecular formula is C41H57N5O6. The predicted molar refractivity (Wildman–Crippen MR) is 203 cm³/mol. The van der Waals surface area contributed by atoms with Gasteiger partial charge in [0.15, 0.2) is 0 Å². The molecule has 1 aliphatic rings. The van der Waals surface area contributed by atoms with Crippen molar-refractivity contribution in [3.05, 3.63) is 83.9 Å². The molecule has 3 aromatic carbocycles. The first-order valence-corrected chi connectivity index (χ1v) is 18.7. The number of rotatable bonds is 19. The molecule has 4 unspecified atom stereocenters. The summed E-state index contributed by atoms with van der Waals surface area (Å²) in [5, 5.41) is 28.1. The van der Waals surface area contributed by atoms with Crippen LogP contribution < -0.4 is 26.6 Å². The summed E-state index contributed by atoms with van der Waals surface area (Å²) in [6.45, 7) is 9.42. The van der Waals surface area contributed by atoms with Crippen LogP contribution in [0.2, 0.25) is 0 Å². The van der Waals surface area contributed by atoms with Gasteiger partial charge in [0.25, 0.3) is 0 Å². The van der Waals surface area contributed by atoms with Gasteiger partial charge in [-0.05, 0) is 66.0 Å². The lowest BCUT2D eigenvalue weighted by molar-refractivity contribution is -0.131. The molecule has 0 saturated carbocycles. The molecule has 4 rings (SSSR count). The van der Waals surface area contributed by atoms with Crippen LogP contribution in [0.15, 0.2) is 72.8 Å². The number of carbonyl (C=O) groups is 4. The Hall–Kier alpha value is -4.48. The number of ether oxygens (including phenoxy) is 1. The van der Waals surface area contributed by atoms with E-state index >= 15 is 0 Å². The first kappa shape index (κ1) is 40.3. The van der Waals surface area contributed by atoms with E-state index in [9.17, 15) is 24.3 Å². The van der Waals surface area contributed by atoms with Crippen molar-refractivity contribution in [2.24, 2.45) is 11.8 Å². The van der Waals surface area contributed by atoms with E-state index in [0.717, 1.165) is 47.7 Å². The van der Waals surface area contributed by atoms with Crippen LogP contribution in [-0.4, -0.2) is 72.3 Å². The van der Waals surface area contributed by atoms with E-state index in [0.29, 0.717) is 25.3 Å². The number of benzene rings is 3. The number of carbonyl (C=O) groups excluding carboxylic acids is 4. The number of alkyl carbamates (subject to hydrolysis) is 1. The van der Waals surface area contributed by atoms with Crippen LogP contribution in [0.5, 0.6) is 0 Å². The molecule has 0 aromatic heterocycles. The number of fused-ring (bicyclic) bond motifs is 1. The topological polar surface area (TPSA) is 158 Å². The molecule has 1 heterocycles. The first-order chi connectivity index (χ1) is 25.0. The van der Waals surface area contributed by atoms with Gasteiger partial charge in [-0.2, -0.15) is 0 Å². The van der Waals surface area contributed by atoms with Crippen LogP contribution >= 0.6 is 0 Å². The summed E-state index contributed by atoms with van der Waals surface area (Å²) in [5.41, 5.74) is 1.66. The van der Waals surface area contributed by atoms with Gasteiger partial charge in [-0.3, -0.25) is 14.4 Å². The van der Waals surface area contributed by atoms with Crippen molar-refractivity contribution in [1.29, 1.82) is 0 Å². The third-order valence-corrected chi connectivity index (χ3v) is 9.70. The van der Waals surface area contributed by atoms with Gasteiger partial charge in [-0.25, -0.2) is 4.79 Å². The Morgan fingerprint density at radius 2 is 1.60 bits per heavy atom. The van der Waals surface area contributed by atoms with Crippen LogP contribution in [-0.2, 0) is 32.1 Å². The minimum absolute atomic E-state index is 0.00355. The zero-order valence-corrected chi connectivity index (χ0v) is 31.0. The van der Waals surface area contributed by atoms with Crippen LogP contribution in [0.3, 0.4) is 0 Å². The maximum absolute atomic E-state index is 14.2. The Morgan fingerprint density at radius 3 is 2.31 bits per heavy atom. The standard InChI is InChI=1S/C41H57N5O6/c1-5-28(4)25-43-38(48)24-37(47)34(21-27(2)3)44-40(50)36(23-32-18-12-20-42-32)45-39(49)35(46-41(51)52-26-29-13-7-6-8-14-29)22-31-17-11-16-30-15-9-10-19-33(30)31/h6-11,13-17,19,27-28,32,34-37,42,47H,5,12,18,20-26H2,1-4H3,(H,43,48)(H,44,50)(H,45,49)(H,46,51)/t28?,32?,34?,35-,36-,37?/m0/s1. The lowest BCUT2D eigenvalue weighted by Gasteiger charge is -2.30.